The number of piperidine rings is 2. The van der Waals surface area contributed by atoms with Gasteiger partial charge in [-0.05, 0) is 124 Å². The van der Waals surface area contributed by atoms with Gasteiger partial charge in [-0.1, -0.05) is 30.3 Å². The number of anilines is 2. The molecule has 0 spiro atoms. The van der Waals surface area contributed by atoms with Crippen molar-refractivity contribution < 1.29 is 37.6 Å². The molecule has 594 valence electrons. The van der Waals surface area contributed by atoms with Crippen LogP contribution in [-0.4, -0.2) is 211 Å². The maximum Gasteiger partial charge on any atom is 0.349 e. The van der Waals surface area contributed by atoms with E-state index in [1.54, 1.807) is 82.8 Å². The second-order valence-electron chi connectivity index (χ2n) is 31.3. The van der Waals surface area contributed by atoms with Crippen molar-refractivity contribution in [3.8, 4) is 75.0 Å². The second kappa shape index (κ2) is 33.1. The number of nitriles is 3. The Morgan fingerprint density at radius 1 is 0.534 bits per heavy atom. The number of sulfone groups is 1. The molecule has 4 atom stereocenters. The molecule has 4 unspecified atom stereocenters. The fourth-order valence-corrected chi connectivity index (χ4v) is 16.2. The highest BCUT2D eigenvalue weighted by atomic mass is 32.2. The van der Waals surface area contributed by atoms with Crippen LogP contribution >= 0.6 is 0 Å². The molecule has 116 heavy (non-hydrogen) atoms. The Morgan fingerprint density at radius 3 is 1.49 bits per heavy atom. The Labute approximate surface area is 670 Å². The summed E-state index contributed by atoms with van der Waals surface area (Å²) in [6.07, 6.45) is 27.4. The van der Waals surface area contributed by atoms with Crippen LogP contribution in [0, 0.1) is 34.0 Å². The highest BCUT2D eigenvalue weighted by Crippen LogP contribution is 2.40. The highest BCUT2D eigenvalue weighted by Gasteiger charge is 2.46. The van der Waals surface area contributed by atoms with Crippen molar-refractivity contribution in [2.75, 3.05) is 89.0 Å². The summed E-state index contributed by atoms with van der Waals surface area (Å²) in [5.74, 6) is 4.29. The zero-order chi connectivity index (χ0) is 81.2. The Balaban J connectivity index is 0.000000137. The van der Waals surface area contributed by atoms with Crippen molar-refractivity contribution in [1.82, 2.24) is 78.0 Å². The summed E-state index contributed by atoms with van der Waals surface area (Å²) in [6, 6.07) is 36.2. The first-order valence-electron chi connectivity index (χ1n) is 38.3. The first-order valence-corrected chi connectivity index (χ1v) is 40.3. The number of pyridine rings is 8. The van der Waals surface area contributed by atoms with E-state index in [1.807, 2.05) is 104 Å². The van der Waals surface area contributed by atoms with Crippen molar-refractivity contribution in [1.29, 1.82) is 15.8 Å². The number of aliphatic hydroxyl groups is 2. The highest BCUT2D eigenvalue weighted by molar-refractivity contribution is 7.90. The summed E-state index contributed by atoms with van der Waals surface area (Å²) in [5, 5.41) is 62.0. The molecule has 12 aromatic rings. The summed E-state index contributed by atoms with van der Waals surface area (Å²) in [4.78, 5) is 52.4. The molecule has 0 aromatic carbocycles. The third-order valence-corrected chi connectivity index (χ3v) is 22.6. The van der Waals surface area contributed by atoms with Crippen LogP contribution < -0.4 is 34.4 Å². The first-order chi connectivity index (χ1) is 55.9. The molecule has 19 heterocycles. The lowest BCUT2D eigenvalue weighted by atomic mass is 9.87. The van der Waals surface area contributed by atoms with Gasteiger partial charge in [-0.25, -0.2) is 47.2 Å². The van der Waals surface area contributed by atoms with Crippen LogP contribution in [0.4, 0.5) is 11.6 Å². The molecular formula is C85H89N21O9S. The van der Waals surface area contributed by atoms with E-state index >= 15 is 0 Å². The van der Waals surface area contributed by atoms with E-state index in [-0.39, 0.29) is 18.0 Å². The predicted molar refractivity (Wildman–Crippen MR) is 435 cm³/mol. The number of aryl methyl sites for hydroxylation is 2. The third-order valence-electron chi connectivity index (χ3n) is 21.7. The SMILES string of the molecule is COc1ccc(CN2C3CC2CN(c2ccc(-c4cc(CCS(C)(=O)=O)cn5ncc(C#N)c45)cn2)C3)cn1.COc1ccc(CN2C3CC2CN(c2ccc(-c4cn(CCC(C)(C)O)c(=O)n5ncc(C#N)c45)cn2)C3)cn1.COc1ccc(CN2CC=C(c3ccc(-c4cc(OCC(C)(C)O)cn5ncc(C#N)c45)cn3)C2)cn1. The summed E-state index contributed by atoms with van der Waals surface area (Å²) >= 11 is 0. The minimum atomic E-state index is -3.11. The zero-order valence-corrected chi connectivity index (χ0v) is 66.6. The van der Waals surface area contributed by atoms with Gasteiger partial charge in [0.05, 0.1) is 102 Å². The quantitative estimate of drug-likeness (QED) is 0.0570. The van der Waals surface area contributed by atoms with Gasteiger partial charge in [0, 0.05) is 197 Å². The third kappa shape index (κ3) is 17.6. The summed E-state index contributed by atoms with van der Waals surface area (Å²) in [5.41, 5.74) is 12.1. The molecule has 4 bridgehead atoms. The maximum atomic E-state index is 13.1. The summed E-state index contributed by atoms with van der Waals surface area (Å²) < 4.78 is 50.8. The normalized spacial score (nSPS) is 17.4. The van der Waals surface area contributed by atoms with Crippen LogP contribution in [0.1, 0.15) is 91.6 Å². The number of hydrogen-bond acceptors (Lipinski definition) is 26. The monoisotopic (exact) mass is 1580 g/mol. The minimum absolute atomic E-state index is 0.0464. The van der Waals surface area contributed by atoms with Gasteiger partial charge in [0.2, 0.25) is 17.6 Å². The number of ether oxygens (including phenoxy) is 4. The fourth-order valence-electron chi connectivity index (χ4n) is 15.6. The predicted octanol–water partition coefficient (Wildman–Crippen LogP) is 8.90. The number of methoxy groups -OCH3 is 3. The van der Waals surface area contributed by atoms with Crippen LogP contribution in [0.2, 0.25) is 0 Å². The van der Waals surface area contributed by atoms with E-state index in [1.165, 1.54) is 63.5 Å². The topological polar surface area (TPSA) is 350 Å². The summed E-state index contributed by atoms with van der Waals surface area (Å²) in [6.45, 7) is 15.0. The average molecular weight is 1580 g/mol. The molecule has 7 aliphatic heterocycles. The van der Waals surface area contributed by atoms with Crippen LogP contribution in [0.15, 0.2) is 170 Å². The average Bonchev–Trinajstić information content (AvgIpc) is 0.873. The van der Waals surface area contributed by atoms with Gasteiger partial charge in [-0.15, -0.1) is 0 Å². The van der Waals surface area contributed by atoms with E-state index in [0.29, 0.717) is 106 Å². The number of piperazine rings is 2. The summed E-state index contributed by atoms with van der Waals surface area (Å²) in [7, 11) is 1.75. The molecule has 12 aromatic heterocycles. The second-order valence-corrected chi connectivity index (χ2v) is 33.5. The Hall–Kier alpha value is -12.5. The van der Waals surface area contributed by atoms with Gasteiger partial charge < -0.3 is 39.0 Å². The fraction of sp³-hybridized carbons (Fsp3) is 0.353. The Bertz CT molecular complexity index is 5900. The van der Waals surface area contributed by atoms with Crippen LogP contribution in [0.25, 0.3) is 55.5 Å². The number of nitrogens with zero attached hydrogens (tertiary/aromatic N) is 21. The van der Waals surface area contributed by atoms with Crippen LogP contribution in [-0.2, 0) is 42.4 Å². The standard InChI is InChI=1S/C29H32N8O3.C28H29N7O3S.C28H28N6O3/c1-29(2,39)8-9-34-18-24(27-21(11-30)14-33-37(27)28(34)38)20-5-6-25(31-13-20)35-16-22-10-23(17-35)36(22)15-19-4-7-26(40-3)32-12-19;1-38-27-6-3-20(12-31-27)15-34-23-10-24(34)18-33(17-23)26-5-4-21(13-30-26)25-9-19(7-8-39(2,36)37)16-35-28(25)22(11-29)14-32-35;1-28(2,35)18-37-23-10-24(27-22(11-29)14-32-34(27)17-23)20-5-6-25(30-13-20)21-8-9-33(16-21)15-19-4-7-26(36-3)31-12-19/h4-7,12-14,18,22-23,39H,8-10,15-17H2,1-3H3;3-6,9,12-14,16,23-24H,7-8,10,15,17-18H2,1-2H3;4-8,10,12-14,17,35H,9,15-16,18H2,1-3H3. The maximum absolute atomic E-state index is 13.1. The van der Waals surface area contributed by atoms with Crippen molar-refractivity contribution in [2.45, 2.75) is 115 Å². The van der Waals surface area contributed by atoms with E-state index < -0.39 is 21.0 Å². The molecule has 0 radical (unpaired) electrons. The van der Waals surface area contributed by atoms with Gasteiger partial charge in [-0.3, -0.25) is 24.3 Å². The molecule has 31 heteroatoms. The smallest absolute Gasteiger partial charge is 0.349 e. The largest absolute Gasteiger partial charge is 0.489 e. The molecule has 6 saturated heterocycles. The van der Waals surface area contributed by atoms with E-state index in [9.17, 15) is 39.2 Å². The molecular weight excluding hydrogens is 1490 g/mol. The van der Waals surface area contributed by atoms with Crippen molar-refractivity contribution in [2.24, 2.45) is 0 Å². The van der Waals surface area contributed by atoms with Crippen LogP contribution in [0.3, 0.4) is 0 Å². The van der Waals surface area contributed by atoms with E-state index in [2.05, 4.69) is 91.2 Å². The first kappa shape index (κ1) is 78.7. The van der Waals surface area contributed by atoms with Gasteiger partial charge in [0.15, 0.2) is 0 Å². The molecule has 0 saturated carbocycles. The molecule has 2 N–H and O–H groups in total. The molecule has 6 fully saturated rings. The molecule has 7 aliphatic rings. The minimum Gasteiger partial charge on any atom is -0.489 e. The lowest BCUT2D eigenvalue weighted by molar-refractivity contribution is -0.00879. The number of hydrogen-bond donors (Lipinski definition) is 2. The zero-order valence-electron chi connectivity index (χ0n) is 65.8. The van der Waals surface area contributed by atoms with Gasteiger partial charge in [0.25, 0.3) is 0 Å². The number of aromatic nitrogens is 13. The number of rotatable bonds is 24. The van der Waals surface area contributed by atoms with Gasteiger partial charge >= 0.3 is 5.69 Å². The van der Waals surface area contributed by atoms with Crippen molar-refractivity contribution in [3.05, 3.63) is 220 Å². The van der Waals surface area contributed by atoms with Crippen LogP contribution in [0.5, 0.6) is 23.4 Å². The molecule has 0 amide bonds. The molecule has 19 rings (SSSR count). The Kier molecular flexibility index (Phi) is 22.5. The number of fused-ring (bicyclic) bond motifs is 7. The van der Waals surface area contributed by atoms with E-state index in [0.717, 1.165) is 115 Å². The molecule has 30 nitrogen and oxygen atoms in total. The molecule has 0 aliphatic carbocycles. The van der Waals surface area contributed by atoms with Crippen molar-refractivity contribution in [3.63, 3.8) is 0 Å². The van der Waals surface area contributed by atoms with E-state index in [4.69, 9.17) is 33.9 Å². The van der Waals surface area contributed by atoms with Gasteiger partial charge in [0.1, 0.15) is 52.0 Å². The lowest BCUT2D eigenvalue weighted by Crippen LogP contribution is -2.68. The van der Waals surface area contributed by atoms with Gasteiger partial charge in [-0.2, -0.15) is 35.6 Å². The Morgan fingerprint density at radius 2 is 1.03 bits per heavy atom. The van der Waals surface area contributed by atoms with Crippen molar-refractivity contribution >= 4 is 43.6 Å². The lowest BCUT2D eigenvalue weighted by Gasteiger charge is -2.56.